The number of carbonyl (C=O) groups is 1. The number of hydrogen-bond acceptors (Lipinski definition) is 3. The van der Waals surface area contributed by atoms with Gasteiger partial charge in [-0.15, -0.1) is 12.4 Å². The molecular formula is C17H24Cl2N4O. The van der Waals surface area contributed by atoms with Gasteiger partial charge in [-0.1, -0.05) is 37.6 Å². The van der Waals surface area contributed by atoms with Gasteiger partial charge >= 0.3 is 0 Å². The van der Waals surface area contributed by atoms with E-state index in [4.69, 9.17) is 17.3 Å². The van der Waals surface area contributed by atoms with Gasteiger partial charge in [0.25, 0.3) is 5.91 Å². The van der Waals surface area contributed by atoms with E-state index in [1.165, 1.54) is 0 Å². The first-order chi connectivity index (χ1) is 11.0. The summed E-state index contributed by atoms with van der Waals surface area (Å²) in [5, 5.41) is 7.97. The normalized spacial score (nSPS) is 11.0. The van der Waals surface area contributed by atoms with E-state index in [0.717, 1.165) is 24.2 Å². The molecule has 0 fully saturated rings. The van der Waals surface area contributed by atoms with Crippen LogP contribution in [0.2, 0.25) is 5.02 Å². The zero-order valence-electron chi connectivity index (χ0n) is 14.2. The van der Waals surface area contributed by atoms with Crippen LogP contribution in [0.15, 0.2) is 30.5 Å². The Morgan fingerprint density at radius 3 is 2.50 bits per heavy atom. The van der Waals surface area contributed by atoms with Crippen molar-refractivity contribution in [3.63, 3.8) is 0 Å². The van der Waals surface area contributed by atoms with Gasteiger partial charge in [0.05, 0.1) is 33.7 Å². The van der Waals surface area contributed by atoms with E-state index in [9.17, 15) is 4.79 Å². The monoisotopic (exact) mass is 370 g/mol. The summed E-state index contributed by atoms with van der Waals surface area (Å²) in [7, 11) is 0. The number of hydrogen-bond donors (Lipinski definition) is 2. The predicted molar refractivity (Wildman–Crippen MR) is 100 cm³/mol. The average molecular weight is 371 g/mol. The van der Waals surface area contributed by atoms with Crippen LogP contribution in [-0.4, -0.2) is 27.8 Å². The van der Waals surface area contributed by atoms with Crippen molar-refractivity contribution in [1.29, 1.82) is 0 Å². The quantitative estimate of drug-likeness (QED) is 0.816. The van der Waals surface area contributed by atoms with Crippen molar-refractivity contribution in [3.05, 3.63) is 46.7 Å². The Morgan fingerprint density at radius 2 is 1.96 bits per heavy atom. The number of amides is 1. The van der Waals surface area contributed by atoms with Crippen LogP contribution in [0, 0.1) is 6.92 Å². The van der Waals surface area contributed by atoms with Gasteiger partial charge in [0.15, 0.2) is 0 Å². The first-order valence-corrected chi connectivity index (χ1v) is 8.18. The predicted octanol–water partition coefficient (Wildman–Crippen LogP) is 3.50. The van der Waals surface area contributed by atoms with Crippen LogP contribution in [0.5, 0.6) is 0 Å². The lowest BCUT2D eigenvalue weighted by Gasteiger charge is -2.31. The third kappa shape index (κ3) is 3.91. The number of rotatable bonds is 6. The molecule has 0 saturated heterocycles. The van der Waals surface area contributed by atoms with E-state index >= 15 is 0 Å². The molecule has 0 saturated carbocycles. The summed E-state index contributed by atoms with van der Waals surface area (Å²) >= 11 is 6.22. The molecule has 0 atom stereocenters. The zero-order valence-corrected chi connectivity index (χ0v) is 15.7. The Bertz CT molecular complexity index is 687. The molecule has 1 heterocycles. The molecule has 0 aliphatic carbocycles. The van der Waals surface area contributed by atoms with Crippen molar-refractivity contribution in [2.75, 3.05) is 6.54 Å². The van der Waals surface area contributed by atoms with Gasteiger partial charge in [-0.2, -0.15) is 5.10 Å². The van der Waals surface area contributed by atoms with E-state index in [-0.39, 0.29) is 23.9 Å². The Labute approximate surface area is 154 Å². The molecule has 24 heavy (non-hydrogen) atoms. The van der Waals surface area contributed by atoms with Gasteiger partial charge in [-0.3, -0.25) is 4.79 Å². The van der Waals surface area contributed by atoms with Crippen molar-refractivity contribution in [1.82, 2.24) is 15.1 Å². The molecule has 0 spiro atoms. The number of nitrogens with two attached hydrogens (primary N) is 1. The molecule has 0 aliphatic heterocycles. The molecule has 132 valence electrons. The fraction of sp³-hybridized carbons (Fsp3) is 0.412. The Hall–Kier alpha value is -1.56. The fourth-order valence-electron chi connectivity index (χ4n) is 2.57. The summed E-state index contributed by atoms with van der Waals surface area (Å²) in [5.41, 5.74) is 7.51. The number of nitrogens with zero attached hydrogens (tertiary/aromatic N) is 2. The van der Waals surface area contributed by atoms with Crippen molar-refractivity contribution in [2.45, 2.75) is 39.2 Å². The molecular weight excluding hydrogens is 347 g/mol. The van der Waals surface area contributed by atoms with Crippen LogP contribution in [0.4, 0.5) is 0 Å². The number of carbonyl (C=O) groups excluding carboxylic acids is 1. The molecule has 7 heteroatoms. The number of nitrogens with one attached hydrogen (secondary N) is 1. The van der Waals surface area contributed by atoms with E-state index < -0.39 is 0 Å². The average Bonchev–Trinajstić information content (AvgIpc) is 2.95. The second kappa shape index (κ2) is 8.51. The summed E-state index contributed by atoms with van der Waals surface area (Å²) in [6.45, 7) is 6.31. The van der Waals surface area contributed by atoms with Crippen LogP contribution in [-0.2, 0) is 0 Å². The Balaban J connectivity index is 0.00000288. The molecule has 3 N–H and O–H groups in total. The van der Waals surface area contributed by atoms with E-state index in [2.05, 4.69) is 10.4 Å². The first kappa shape index (κ1) is 20.5. The molecule has 1 aromatic heterocycles. The third-order valence-corrected chi connectivity index (χ3v) is 4.78. The van der Waals surface area contributed by atoms with Gasteiger partial charge < -0.3 is 11.1 Å². The fourth-order valence-corrected chi connectivity index (χ4v) is 2.79. The number of benzene rings is 1. The van der Waals surface area contributed by atoms with Gasteiger partial charge in [0.1, 0.15) is 0 Å². The van der Waals surface area contributed by atoms with Gasteiger partial charge in [-0.05, 0) is 31.9 Å². The lowest BCUT2D eigenvalue weighted by Crippen LogP contribution is -2.52. The lowest BCUT2D eigenvalue weighted by molar-refractivity contribution is 0.0894. The van der Waals surface area contributed by atoms with Gasteiger partial charge in [-0.25, -0.2) is 4.68 Å². The van der Waals surface area contributed by atoms with Crippen molar-refractivity contribution < 1.29 is 4.79 Å². The third-order valence-electron chi connectivity index (χ3n) is 4.46. The van der Waals surface area contributed by atoms with Crippen LogP contribution in [0.25, 0.3) is 5.69 Å². The minimum absolute atomic E-state index is 0. The highest BCUT2D eigenvalue weighted by Gasteiger charge is 2.28. The van der Waals surface area contributed by atoms with Crippen molar-refractivity contribution >= 4 is 29.9 Å². The summed E-state index contributed by atoms with van der Waals surface area (Å²) in [6.07, 6.45) is 3.13. The highest BCUT2D eigenvalue weighted by atomic mass is 35.5. The maximum Gasteiger partial charge on any atom is 0.255 e. The molecule has 1 amide bonds. The van der Waals surface area contributed by atoms with E-state index in [1.807, 2.05) is 39.0 Å². The summed E-state index contributed by atoms with van der Waals surface area (Å²) in [5.74, 6) is -0.157. The molecule has 0 bridgehead atoms. The van der Waals surface area contributed by atoms with Crippen LogP contribution < -0.4 is 11.1 Å². The Kier molecular flexibility index (Phi) is 7.27. The standard InChI is InChI=1S/C17H23ClN4O.ClH/c1-4-17(5-2,11-19)21-16(23)13-10-20-22(12(13)3)15-9-7-6-8-14(15)18;/h6-10H,4-5,11,19H2,1-3H3,(H,21,23);1H. The second-order valence-electron chi connectivity index (χ2n) is 5.65. The second-order valence-corrected chi connectivity index (χ2v) is 6.06. The molecule has 0 radical (unpaired) electrons. The highest BCUT2D eigenvalue weighted by Crippen LogP contribution is 2.22. The van der Waals surface area contributed by atoms with Gasteiger partial charge in [0.2, 0.25) is 0 Å². The summed E-state index contributed by atoms with van der Waals surface area (Å²) in [6, 6.07) is 7.41. The SMILES string of the molecule is CCC(CC)(CN)NC(=O)c1cnn(-c2ccccc2Cl)c1C.Cl. The van der Waals surface area contributed by atoms with Crippen LogP contribution >= 0.6 is 24.0 Å². The first-order valence-electron chi connectivity index (χ1n) is 7.80. The molecule has 5 nitrogen and oxygen atoms in total. The minimum Gasteiger partial charge on any atom is -0.345 e. The van der Waals surface area contributed by atoms with Gasteiger partial charge in [0, 0.05) is 6.54 Å². The summed E-state index contributed by atoms with van der Waals surface area (Å²) < 4.78 is 1.68. The Morgan fingerprint density at radius 1 is 1.33 bits per heavy atom. The highest BCUT2D eigenvalue weighted by molar-refractivity contribution is 6.32. The molecule has 1 aromatic carbocycles. The van der Waals surface area contributed by atoms with Crippen molar-refractivity contribution in [2.24, 2.45) is 5.73 Å². The molecule has 0 unspecified atom stereocenters. The van der Waals surface area contributed by atoms with Crippen molar-refractivity contribution in [3.8, 4) is 5.69 Å². The molecule has 2 aromatic rings. The smallest absolute Gasteiger partial charge is 0.255 e. The zero-order chi connectivity index (χ0) is 17.0. The van der Waals surface area contributed by atoms with Crippen LogP contribution in [0.3, 0.4) is 0 Å². The van der Waals surface area contributed by atoms with E-state index in [0.29, 0.717) is 17.1 Å². The minimum atomic E-state index is -0.379. The number of para-hydroxylation sites is 1. The number of halogens is 2. The number of aromatic nitrogens is 2. The summed E-state index contributed by atoms with van der Waals surface area (Å²) in [4.78, 5) is 12.6. The topological polar surface area (TPSA) is 72.9 Å². The van der Waals surface area contributed by atoms with Crippen LogP contribution in [0.1, 0.15) is 42.7 Å². The largest absolute Gasteiger partial charge is 0.345 e. The maximum atomic E-state index is 12.6. The molecule has 0 aliphatic rings. The molecule has 2 rings (SSSR count). The lowest BCUT2D eigenvalue weighted by atomic mass is 9.92. The van der Waals surface area contributed by atoms with E-state index in [1.54, 1.807) is 16.9 Å². The maximum absolute atomic E-state index is 12.6.